The van der Waals surface area contributed by atoms with Gasteiger partial charge in [0.15, 0.2) is 5.17 Å². The summed E-state index contributed by atoms with van der Waals surface area (Å²) < 4.78 is 0. The second-order valence-corrected chi connectivity index (χ2v) is 7.25. The van der Waals surface area contributed by atoms with E-state index in [9.17, 15) is 4.79 Å². The zero-order chi connectivity index (χ0) is 18.6. The fraction of sp³-hybridized carbons (Fsp3) is 0. The van der Waals surface area contributed by atoms with Gasteiger partial charge in [-0.25, -0.2) is 4.99 Å². The minimum absolute atomic E-state index is 0.110. The van der Waals surface area contributed by atoms with Crippen molar-refractivity contribution in [2.45, 2.75) is 0 Å². The lowest BCUT2D eigenvalue weighted by atomic mass is 10.2. The van der Waals surface area contributed by atoms with Crippen LogP contribution in [0.1, 0.15) is 5.56 Å². The highest BCUT2D eigenvalue weighted by atomic mass is 35.5. The van der Waals surface area contributed by atoms with Crippen molar-refractivity contribution in [2.24, 2.45) is 4.99 Å². The van der Waals surface area contributed by atoms with Gasteiger partial charge in [0.2, 0.25) is 0 Å². The molecular weight excluding hydrogens is 376 g/mol. The topological polar surface area (TPSA) is 32.7 Å². The SMILES string of the molecule is O=C1/C(=C/c2ccccc2Cl)SC(=Nc2ccccc2)N1c1ccccc1. The van der Waals surface area contributed by atoms with E-state index in [4.69, 9.17) is 16.6 Å². The molecule has 0 aliphatic carbocycles. The molecule has 1 aliphatic rings. The Morgan fingerprint density at radius 1 is 0.852 bits per heavy atom. The minimum Gasteiger partial charge on any atom is -0.268 e. The van der Waals surface area contributed by atoms with Crippen LogP contribution in [0.2, 0.25) is 5.02 Å². The van der Waals surface area contributed by atoms with Crippen LogP contribution in [-0.2, 0) is 4.79 Å². The molecule has 0 aromatic heterocycles. The van der Waals surface area contributed by atoms with E-state index in [1.165, 1.54) is 11.8 Å². The Hall–Kier alpha value is -2.82. The van der Waals surface area contributed by atoms with Crippen molar-refractivity contribution in [3.8, 4) is 0 Å². The van der Waals surface area contributed by atoms with Gasteiger partial charge in [0, 0.05) is 5.02 Å². The summed E-state index contributed by atoms with van der Waals surface area (Å²) in [6.45, 7) is 0. The number of rotatable bonds is 3. The maximum Gasteiger partial charge on any atom is 0.271 e. The van der Waals surface area contributed by atoms with Gasteiger partial charge in [-0.2, -0.15) is 0 Å². The number of benzene rings is 3. The number of amides is 1. The van der Waals surface area contributed by atoms with Gasteiger partial charge in [0.1, 0.15) is 0 Å². The predicted molar refractivity (Wildman–Crippen MR) is 114 cm³/mol. The monoisotopic (exact) mass is 390 g/mol. The average Bonchev–Trinajstić information content (AvgIpc) is 3.00. The first-order valence-electron chi connectivity index (χ1n) is 8.40. The molecular formula is C22H15ClN2OS. The molecule has 0 bridgehead atoms. The minimum atomic E-state index is -0.110. The first-order chi connectivity index (χ1) is 13.2. The van der Waals surface area contributed by atoms with Crippen molar-refractivity contribution in [3.63, 3.8) is 0 Å². The van der Waals surface area contributed by atoms with E-state index in [1.807, 2.05) is 91.0 Å². The lowest BCUT2D eigenvalue weighted by Gasteiger charge is -2.15. The summed E-state index contributed by atoms with van der Waals surface area (Å²) in [6, 6.07) is 26.6. The summed E-state index contributed by atoms with van der Waals surface area (Å²) in [4.78, 5) is 20.1. The van der Waals surface area contributed by atoms with E-state index in [1.54, 1.807) is 4.90 Å². The Bertz CT molecular complexity index is 1030. The molecule has 132 valence electrons. The molecule has 3 aromatic carbocycles. The van der Waals surface area contributed by atoms with Gasteiger partial charge in [0.05, 0.1) is 16.3 Å². The Kier molecular flexibility index (Phi) is 5.10. The predicted octanol–water partition coefficient (Wildman–Crippen LogP) is 6.15. The largest absolute Gasteiger partial charge is 0.271 e. The second-order valence-electron chi connectivity index (χ2n) is 5.84. The number of halogens is 1. The quantitative estimate of drug-likeness (QED) is 0.502. The van der Waals surface area contributed by atoms with E-state index >= 15 is 0 Å². The summed E-state index contributed by atoms with van der Waals surface area (Å²) in [5.41, 5.74) is 2.39. The van der Waals surface area contributed by atoms with Gasteiger partial charge < -0.3 is 0 Å². The Morgan fingerprint density at radius 2 is 1.48 bits per heavy atom. The van der Waals surface area contributed by atoms with Crippen LogP contribution in [0.3, 0.4) is 0 Å². The molecule has 0 unspecified atom stereocenters. The number of hydrogen-bond donors (Lipinski definition) is 0. The summed E-state index contributed by atoms with van der Waals surface area (Å²) in [7, 11) is 0. The first kappa shape index (κ1) is 17.6. The van der Waals surface area contributed by atoms with E-state index in [0.29, 0.717) is 15.1 Å². The van der Waals surface area contributed by atoms with Crippen LogP contribution in [0.4, 0.5) is 11.4 Å². The Morgan fingerprint density at radius 3 is 2.19 bits per heavy atom. The summed E-state index contributed by atoms with van der Waals surface area (Å²) in [5.74, 6) is -0.110. The molecule has 27 heavy (non-hydrogen) atoms. The van der Waals surface area contributed by atoms with Crippen molar-refractivity contribution < 1.29 is 4.79 Å². The molecule has 0 atom stereocenters. The number of thioether (sulfide) groups is 1. The fourth-order valence-corrected chi connectivity index (χ4v) is 3.88. The van der Waals surface area contributed by atoms with Crippen molar-refractivity contribution >= 4 is 51.9 Å². The van der Waals surface area contributed by atoms with Crippen LogP contribution in [0.5, 0.6) is 0 Å². The summed E-state index contributed by atoms with van der Waals surface area (Å²) in [5, 5.41) is 1.23. The molecule has 0 saturated carbocycles. The molecule has 1 amide bonds. The third-order valence-corrected chi connectivity index (χ3v) is 5.31. The summed E-state index contributed by atoms with van der Waals surface area (Å²) >= 11 is 7.61. The van der Waals surface area contributed by atoms with E-state index in [-0.39, 0.29) is 5.91 Å². The van der Waals surface area contributed by atoms with Crippen LogP contribution >= 0.6 is 23.4 Å². The number of carbonyl (C=O) groups is 1. The molecule has 3 nitrogen and oxygen atoms in total. The highest BCUT2D eigenvalue weighted by Gasteiger charge is 2.34. The maximum absolute atomic E-state index is 13.1. The zero-order valence-corrected chi connectivity index (χ0v) is 15.8. The zero-order valence-electron chi connectivity index (χ0n) is 14.2. The molecule has 1 saturated heterocycles. The molecule has 4 rings (SSSR count). The number of anilines is 1. The number of para-hydroxylation sites is 2. The number of nitrogens with zero attached hydrogens (tertiary/aromatic N) is 2. The van der Waals surface area contributed by atoms with Crippen LogP contribution in [-0.4, -0.2) is 11.1 Å². The number of aliphatic imine (C=N–C) groups is 1. The fourth-order valence-electron chi connectivity index (χ4n) is 2.70. The van der Waals surface area contributed by atoms with Gasteiger partial charge >= 0.3 is 0 Å². The molecule has 0 spiro atoms. The standard InChI is InChI=1S/C22H15ClN2OS/c23-19-14-8-7-9-16(19)15-20-21(26)25(18-12-5-2-6-13-18)22(27-20)24-17-10-3-1-4-11-17/h1-15H/b20-15-,24-22?. The van der Waals surface area contributed by atoms with Crippen LogP contribution < -0.4 is 4.90 Å². The van der Waals surface area contributed by atoms with E-state index in [2.05, 4.69) is 0 Å². The lowest BCUT2D eigenvalue weighted by Crippen LogP contribution is -2.28. The lowest BCUT2D eigenvalue weighted by molar-refractivity contribution is -0.113. The Balaban J connectivity index is 1.79. The van der Waals surface area contributed by atoms with Crippen molar-refractivity contribution in [2.75, 3.05) is 4.90 Å². The average molecular weight is 391 g/mol. The van der Waals surface area contributed by atoms with Gasteiger partial charge in [-0.1, -0.05) is 66.2 Å². The van der Waals surface area contributed by atoms with E-state index < -0.39 is 0 Å². The van der Waals surface area contributed by atoms with Gasteiger partial charge in [-0.3, -0.25) is 9.69 Å². The first-order valence-corrected chi connectivity index (χ1v) is 9.59. The summed E-state index contributed by atoms with van der Waals surface area (Å²) in [6.07, 6.45) is 1.82. The third-order valence-electron chi connectivity index (χ3n) is 3.99. The maximum atomic E-state index is 13.1. The Labute approximate surface area is 167 Å². The van der Waals surface area contributed by atoms with Crippen LogP contribution in [0.25, 0.3) is 6.08 Å². The number of hydrogen-bond acceptors (Lipinski definition) is 3. The van der Waals surface area contributed by atoms with Gasteiger partial charge in [-0.05, 0) is 53.7 Å². The molecule has 1 fully saturated rings. The van der Waals surface area contributed by atoms with Gasteiger partial charge in [0.25, 0.3) is 5.91 Å². The number of carbonyl (C=O) groups excluding carboxylic acids is 1. The van der Waals surface area contributed by atoms with Crippen molar-refractivity contribution in [3.05, 3.63) is 100 Å². The van der Waals surface area contributed by atoms with Crippen molar-refractivity contribution in [1.82, 2.24) is 0 Å². The molecule has 5 heteroatoms. The third kappa shape index (κ3) is 3.82. The highest BCUT2D eigenvalue weighted by Crippen LogP contribution is 2.37. The molecule has 0 N–H and O–H groups in total. The van der Waals surface area contributed by atoms with Crippen LogP contribution in [0, 0.1) is 0 Å². The van der Waals surface area contributed by atoms with Gasteiger partial charge in [-0.15, -0.1) is 0 Å². The van der Waals surface area contributed by atoms with Crippen LogP contribution in [0.15, 0.2) is 94.8 Å². The number of amidine groups is 1. The second kappa shape index (κ2) is 7.82. The smallest absolute Gasteiger partial charge is 0.268 e. The highest BCUT2D eigenvalue weighted by molar-refractivity contribution is 8.19. The molecule has 3 aromatic rings. The van der Waals surface area contributed by atoms with E-state index in [0.717, 1.165) is 16.9 Å². The molecule has 0 radical (unpaired) electrons. The molecule has 1 aliphatic heterocycles. The normalized spacial score (nSPS) is 17.1. The molecule has 1 heterocycles. The van der Waals surface area contributed by atoms with Crippen molar-refractivity contribution in [1.29, 1.82) is 0 Å².